The second-order valence-electron chi connectivity index (χ2n) is 4.60. The molecule has 4 heteroatoms. The Morgan fingerprint density at radius 2 is 2.28 bits per heavy atom. The molecule has 0 aromatic heterocycles. The molecule has 0 spiro atoms. The Morgan fingerprint density at radius 1 is 1.50 bits per heavy atom. The lowest BCUT2D eigenvalue weighted by Crippen LogP contribution is -2.30. The van der Waals surface area contributed by atoms with E-state index in [0.717, 1.165) is 29.8 Å². The van der Waals surface area contributed by atoms with Gasteiger partial charge in [-0.3, -0.25) is 10.1 Å². The third kappa shape index (κ3) is 2.34. The van der Waals surface area contributed by atoms with Crippen molar-refractivity contribution < 1.29 is 9.53 Å². The summed E-state index contributed by atoms with van der Waals surface area (Å²) in [5, 5.41) is 3.26. The van der Waals surface area contributed by atoms with Crippen LogP contribution in [0, 0.1) is 6.92 Å². The largest absolute Gasteiger partial charge is 0.496 e. The molecule has 18 heavy (non-hydrogen) atoms. The highest BCUT2D eigenvalue weighted by atomic mass is 16.5. The first-order valence-corrected chi connectivity index (χ1v) is 6.34. The van der Waals surface area contributed by atoms with E-state index in [4.69, 9.17) is 4.74 Å². The van der Waals surface area contributed by atoms with Gasteiger partial charge in [0.2, 0.25) is 5.91 Å². The minimum atomic E-state index is 0.00190. The third-order valence-corrected chi connectivity index (χ3v) is 3.28. The van der Waals surface area contributed by atoms with Gasteiger partial charge in [0, 0.05) is 6.54 Å². The van der Waals surface area contributed by atoms with Crippen LogP contribution in [0.3, 0.4) is 0 Å². The van der Waals surface area contributed by atoms with Gasteiger partial charge in [0.05, 0.1) is 13.7 Å². The van der Waals surface area contributed by atoms with E-state index in [1.54, 1.807) is 7.11 Å². The molecule has 1 unspecified atom stereocenters. The molecular formula is C14H20N2O2. The van der Waals surface area contributed by atoms with E-state index in [2.05, 4.69) is 18.3 Å². The lowest BCUT2D eigenvalue weighted by molar-refractivity contribution is -0.128. The van der Waals surface area contributed by atoms with Crippen LogP contribution in [0.25, 0.3) is 0 Å². The Bertz CT molecular complexity index is 445. The molecule has 2 rings (SSSR count). The van der Waals surface area contributed by atoms with E-state index in [0.29, 0.717) is 6.54 Å². The summed E-state index contributed by atoms with van der Waals surface area (Å²) in [6.45, 7) is 5.32. The Labute approximate surface area is 108 Å². The fraction of sp³-hybridized carbons (Fsp3) is 0.500. The number of rotatable bonds is 4. The van der Waals surface area contributed by atoms with Crippen LogP contribution >= 0.6 is 0 Å². The monoisotopic (exact) mass is 248 g/mol. The topological polar surface area (TPSA) is 41.6 Å². The summed E-state index contributed by atoms with van der Waals surface area (Å²) >= 11 is 0. The van der Waals surface area contributed by atoms with Crippen LogP contribution in [0.1, 0.15) is 30.6 Å². The summed E-state index contributed by atoms with van der Waals surface area (Å²) in [5.74, 6) is 1.06. The zero-order chi connectivity index (χ0) is 13.1. The van der Waals surface area contributed by atoms with Crippen LogP contribution < -0.4 is 10.1 Å². The van der Waals surface area contributed by atoms with Gasteiger partial charge in [0.1, 0.15) is 11.9 Å². The van der Waals surface area contributed by atoms with E-state index >= 15 is 0 Å². The van der Waals surface area contributed by atoms with Crippen LogP contribution in [0.4, 0.5) is 0 Å². The molecule has 1 aliphatic rings. The van der Waals surface area contributed by atoms with Crippen molar-refractivity contribution in [3.63, 3.8) is 0 Å². The smallest absolute Gasteiger partial charge is 0.238 e. The highest BCUT2D eigenvalue weighted by Crippen LogP contribution is 2.27. The van der Waals surface area contributed by atoms with Gasteiger partial charge in [-0.25, -0.2) is 0 Å². The number of carbonyl (C=O) groups excluding carboxylic acids is 1. The third-order valence-electron chi connectivity index (χ3n) is 3.28. The van der Waals surface area contributed by atoms with E-state index in [1.807, 2.05) is 24.0 Å². The highest BCUT2D eigenvalue weighted by Gasteiger charge is 2.30. The van der Waals surface area contributed by atoms with Gasteiger partial charge in [-0.1, -0.05) is 13.0 Å². The molecule has 1 aromatic carbocycles. The predicted octanol–water partition coefficient (Wildman–Crippen LogP) is 1.84. The van der Waals surface area contributed by atoms with Gasteiger partial charge in [-0.05, 0) is 36.6 Å². The fourth-order valence-electron chi connectivity index (χ4n) is 2.40. The molecule has 0 radical (unpaired) electrons. The van der Waals surface area contributed by atoms with Crippen molar-refractivity contribution in [2.75, 3.05) is 20.2 Å². The van der Waals surface area contributed by atoms with Gasteiger partial charge in [0.25, 0.3) is 0 Å². The van der Waals surface area contributed by atoms with Gasteiger partial charge in [-0.15, -0.1) is 0 Å². The standard InChI is InChI=1S/C14H20N2O2/c1-4-7-16-13(17)9-15-14(16)11-5-6-12(18-3)10(2)8-11/h5-6,8,14-15H,4,7,9H2,1-3H3. The van der Waals surface area contributed by atoms with Crippen molar-refractivity contribution >= 4 is 5.91 Å². The van der Waals surface area contributed by atoms with Gasteiger partial charge >= 0.3 is 0 Å². The number of ether oxygens (including phenoxy) is 1. The number of hydrogen-bond donors (Lipinski definition) is 1. The first kappa shape index (κ1) is 12.9. The molecule has 1 amide bonds. The van der Waals surface area contributed by atoms with Gasteiger partial charge in [-0.2, -0.15) is 0 Å². The van der Waals surface area contributed by atoms with Crippen molar-refractivity contribution in [2.45, 2.75) is 26.4 Å². The van der Waals surface area contributed by atoms with Crippen LogP contribution in [0.15, 0.2) is 18.2 Å². The molecule has 98 valence electrons. The van der Waals surface area contributed by atoms with Crippen LogP contribution in [0.2, 0.25) is 0 Å². The molecule has 1 atom stereocenters. The van der Waals surface area contributed by atoms with Crippen molar-refractivity contribution in [1.29, 1.82) is 0 Å². The summed E-state index contributed by atoms with van der Waals surface area (Å²) in [5.41, 5.74) is 2.21. The average Bonchev–Trinajstić information content (AvgIpc) is 2.72. The van der Waals surface area contributed by atoms with E-state index in [1.165, 1.54) is 0 Å². The molecule has 0 saturated carbocycles. The molecule has 0 bridgehead atoms. The Hall–Kier alpha value is -1.55. The molecule has 1 aromatic rings. The maximum absolute atomic E-state index is 11.8. The first-order valence-electron chi connectivity index (χ1n) is 6.34. The molecule has 1 N–H and O–H groups in total. The molecule has 1 fully saturated rings. The zero-order valence-corrected chi connectivity index (χ0v) is 11.2. The maximum atomic E-state index is 11.8. The number of aryl methyl sites for hydroxylation is 1. The zero-order valence-electron chi connectivity index (χ0n) is 11.2. The molecule has 0 aliphatic carbocycles. The highest BCUT2D eigenvalue weighted by molar-refractivity contribution is 5.81. The summed E-state index contributed by atoms with van der Waals surface area (Å²) in [6, 6.07) is 6.06. The van der Waals surface area contributed by atoms with E-state index in [9.17, 15) is 4.79 Å². The molecular weight excluding hydrogens is 228 g/mol. The fourth-order valence-corrected chi connectivity index (χ4v) is 2.40. The summed E-state index contributed by atoms with van der Waals surface area (Å²) in [4.78, 5) is 13.7. The quantitative estimate of drug-likeness (QED) is 0.884. The summed E-state index contributed by atoms with van der Waals surface area (Å²) in [7, 11) is 1.67. The number of amides is 1. The molecule has 4 nitrogen and oxygen atoms in total. The number of benzene rings is 1. The Balaban J connectivity index is 2.25. The SMILES string of the molecule is CCCN1C(=O)CNC1c1ccc(OC)c(C)c1. The Morgan fingerprint density at radius 3 is 2.89 bits per heavy atom. The van der Waals surface area contributed by atoms with Crippen molar-refractivity contribution in [3.8, 4) is 5.75 Å². The number of hydrogen-bond acceptors (Lipinski definition) is 3. The second-order valence-corrected chi connectivity index (χ2v) is 4.60. The Kier molecular flexibility index (Phi) is 3.87. The lowest BCUT2D eigenvalue weighted by Gasteiger charge is -2.24. The predicted molar refractivity (Wildman–Crippen MR) is 70.5 cm³/mol. The van der Waals surface area contributed by atoms with Crippen molar-refractivity contribution in [3.05, 3.63) is 29.3 Å². The average molecular weight is 248 g/mol. The van der Waals surface area contributed by atoms with E-state index in [-0.39, 0.29) is 12.1 Å². The minimum absolute atomic E-state index is 0.00190. The van der Waals surface area contributed by atoms with Crippen molar-refractivity contribution in [1.82, 2.24) is 10.2 Å². The number of carbonyl (C=O) groups is 1. The van der Waals surface area contributed by atoms with Crippen LogP contribution in [0.5, 0.6) is 5.75 Å². The van der Waals surface area contributed by atoms with E-state index < -0.39 is 0 Å². The van der Waals surface area contributed by atoms with Gasteiger partial charge in [0.15, 0.2) is 0 Å². The molecule has 1 aliphatic heterocycles. The summed E-state index contributed by atoms with van der Waals surface area (Å²) in [6.07, 6.45) is 0.973. The maximum Gasteiger partial charge on any atom is 0.238 e. The molecule has 1 saturated heterocycles. The first-order chi connectivity index (χ1) is 8.67. The van der Waals surface area contributed by atoms with Gasteiger partial charge < -0.3 is 9.64 Å². The van der Waals surface area contributed by atoms with Crippen LogP contribution in [-0.4, -0.2) is 31.0 Å². The molecule has 1 heterocycles. The lowest BCUT2D eigenvalue weighted by atomic mass is 10.1. The normalized spacial score (nSPS) is 19.4. The van der Waals surface area contributed by atoms with Crippen LogP contribution in [-0.2, 0) is 4.79 Å². The summed E-state index contributed by atoms with van der Waals surface area (Å²) < 4.78 is 5.26. The van der Waals surface area contributed by atoms with Crippen molar-refractivity contribution in [2.24, 2.45) is 0 Å². The minimum Gasteiger partial charge on any atom is -0.496 e. The number of nitrogens with zero attached hydrogens (tertiary/aromatic N) is 1. The number of nitrogens with one attached hydrogen (secondary N) is 1. The second kappa shape index (κ2) is 5.40. The number of methoxy groups -OCH3 is 1.